The molecule has 0 saturated heterocycles. The Kier molecular flexibility index (Phi) is 8.09. The lowest BCUT2D eigenvalue weighted by atomic mass is 9.61. The van der Waals surface area contributed by atoms with Gasteiger partial charge < -0.3 is 20.1 Å². The van der Waals surface area contributed by atoms with Crippen molar-refractivity contribution in [1.29, 1.82) is 0 Å². The molecule has 0 spiro atoms. The van der Waals surface area contributed by atoms with Crippen LogP contribution in [0, 0.1) is 28.6 Å². The Morgan fingerprint density at radius 2 is 1.85 bits per heavy atom. The maximum absolute atomic E-state index is 11.3. The minimum atomic E-state index is -0.642. The number of ether oxygens (including phenoxy) is 1. The normalized spacial score (nSPS) is 39.1. The van der Waals surface area contributed by atoms with Crippen molar-refractivity contribution >= 4 is 5.90 Å². The smallest absolute Gasteiger partial charge is 0.193 e. The van der Waals surface area contributed by atoms with Crippen molar-refractivity contribution in [2.45, 2.75) is 122 Å². The fourth-order valence-electron chi connectivity index (χ4n) is 8.34. The van der Waals surface area contributed by atoms with E-state index >= 15 is 0 Å². The first-order valence-electron chi connectivity index (χ1n) is 15.6. The summed E-state index contributed by atoms with van der Waals surface area (Å²) in [5.74, 6) is 2.33. The van der Waals surface area contributed by atoms with Crippen LogP contribution in [0.2, 0.25) is 0 Å². The zero-order chi connectivity index (χ0) is 28.0. The average molecular weight is 538 g/mol. The van der Waals surface area contributed by atoms with Gasteiger partial charge in [-0.1, -0.05) is 64.2 Å². The van der Waals surface area contributed by atoms with E-state index < -0.39 is 18.3 Å². The molecule has 0 unspecified atom stereocenters. The van der Waals surface area contributed by atoms with Gasteiger partial charge in [-0.3, -0.25) is 4.99 Å². The monoisotopic (exact) mass is 537 g/mol. The van der Waals surface area contributed by atoms with Gasteiger partial charge in [-0.25, -0.2) is 0 Å². The summed E-state index contributed by atoms with van der Waals surface area (Å²) in [5.41, 5.74) is 3.01. The van der Waals surface area contributed by atoms with Crippen molar-refractivity contribution in [1.82, 2.24) is 0 Å². The summed E-state index contributed by atoms with van der Waals surface area (Å²) in [7, 11) is 0. The zero-order valence-corrected chi connectivity index (χ0v) is 24.7. The van der Waals surface area contributed by atoms with E-state index in [0.717, 1.165) is 49.1 Å². The van der Waals surface area contributed by atoms with Crippen LogP contribution in [0.1, 0.15) is 98.3 Å². The molecule has 0 bridgehead atoms. The van der Waals surface area contributed by atoms with Crippen LogP contribution in [0.25, 0.3) is 0 Å². The van der Waals surface area contributed by atoms with Crippen molar-refractivity contribution in [2.75, 3.05) is 6.54 Å². The van der Waals surface area contributed by atoms with Crippen LogP contribution in [-0.2, 0) is 4.74 Å². The first-order valence-corrected chi connectivity index (χ1v) is 15.6. The fraction of sp³-hybridized carbons (Fsp3) is 0.735. The average Bonchev–Trinajstić information content (AvgIpc) is 3.48. The Balaban J connectivity index is 1.26. The third-order valence-electron chi connectivity index (χ3n) is 11.4. The van der Waals surface area contributed by atoms with Crippen molar-refractivity contribution in [3.05, 3.63) is 47.6 Å². The molecule has 4 fully saturated rings. The predicted molar refractivity (Wildman–Crippen MR) is 157 cm³/mol. The predicted octanol–water partition coefficient (Wildman–Crippen LogP) is 6.45. The molecule has 3 N–H and O–H groups in total. The number of hydrogen-bond donors (Lipinski definition) is 3. The summed E-state index contributed by atoms with van der Waals surface area (Å²) in [6.45, 7) is 14.0. The lowest BCUT2D eigenvalue weighted by Crippen LogP contribution is -2.37. The van der Waals surface area contributed by atoms with Crippen LogP contribution < -0.4 is 0 Å². The van der Waals surface area contributed by atoms with Gasteiger partial charge in [-0.05, 0) is 98.5 Å². The molecular formula is C34H51NO4. The highest BCUT2D eigenvalue weighted by Crippen LogP contribution is 2.60. The Hall–Kier alpha value is -1.69. The summed E-state index contributed by atoms with van der Waals surface area (Å²) in [6, 6.07) is 0. The van der Waals surface area contributed by atoms with E-state index in [9.17, 15) is 15.3 Å². The van der Waals surface area contributed by atoms with Crippen LogP contribution in [-0.4, -0.2) is 51.7 Å². The van der Waals surface area contributed by atoms with E-state index in [1.54, 1.807) is 0 Å². The summed E-state index contributed by atoms with van der Waals surface area (Å²) in [5, 5.41) is 31.7. The van der Waals surface area contributed by atoms with Gasteiger partial charge in [-0.15, -0.1) is 0 Å². The Labute approximate surface area is 235 Å². The van der Waals surface area contributed by atoms with E-state index in [4.69, 9.17) is 9.73 Å². The lowest BCUT2D eigenvalue weighted by molar-refractivity contribution is 0.0589. The molecule has 216 valence electrons. The van der Waals surface area contributed by atoms with Gasteiger partial charge in [0.25, 0.3) is 0 Å². The molecule has 0 aromatic heterocycles. The minimum absolute atomic E-state index is 0.179. The van der Waals surface area contributed by atoms with Gasteiger partial charge in [0.15, 0.2) is 5.90 Å². The van der Waals surface area contributed by atoms with Crippen molar-refractivity contribution in [3.8, 4) is 0 Å². The molecule has 0 amide bonds. The van der Waals surface area contributed by atoms with Gasteiger partial charge in [0, 0.05) is 6.42 Å². The second-order valence-electron chi connectivity index (χ2n) is 13.6. The van der Waals surface area contributed by atoms with Crippen molar-refractivity contribution in [2.24, 2.45) is 33.6 Å². The number of nitrogens with zero attached hydrogens (tertiary/aromatic N) is 1. The van der Waals surface area contributed by atoms with Crippen LogP contribution in [0.4, 0.5) is 0 Å². The first-order chi connectivity index (χ1) is 18.6. The minimum Gasteiger partial charge on any atom is -0.472 e. The van der Waals surface area contributed by atoms with E-state index in [0.29, 0.717) is 37.1 Å². The topological polar surface area (TPSA) is 82.3 Å². The summed E-state index contributed by atoms with van der Waals surface area (Å²) < 4.78 is 6.40. The van der Waals surface area contributed by atoms with Gasteiger partial charge in [0.05, 0.1) is 30.3 Å². The van der Waals surface area contributed by atoms with E-state index in [2.05, 4.69) is 52.5 Å². The number of aliphatic hydroxyl groups is 3. The zero-order valence-electron chi connectivity index (χ0n) is 24.7. The van der Waals surface area contributed by atoms with Gasteiger partial charge in [-0.2, -0.15) is 0 Å². The standard InChI is InChI=1S/C34H51NO4/c1-6-33(7-2)21-35-31(39-33)34(17-18-34)30(38)15-10-22(3)27-13-14-28-24(9-8-16-32(27,28)5)11-12-25-19-26(36)20-29(37)23(25)4/h10-12,15,22,26-30,36-38H,4,6-9,13-14,16-21H2,1-3,5H3/t22-,26-,27-,28+,29+,30+,32-/m1/s1. The maximum atomic E-state index is 11.3. The maximum Gasteiger partial charge on any atom is 0.193 e. The number of aliphatic hydroxyl groups excluding tert-OH is 3. The molecule has 0 aromatic rings. The van der Waals surface area contributed by atoms with Gasteiger partial charge >= 0.3 is 0 Å². The molecule has 5 nitrogen and oxygen atoms in total. The molecule has 1 heterocycles. The third kappa shape index (κ3) is 5.24. The van der Waals surface area contributed by atoms with Crippen LogP contribution in [0.5, 0.6) is 0 Å². The molecule has 39 heavy (non-hydrogen) atoms. The molecule has 0 aromatic carbocycles. The number of fused-ring (bicyclic) bond motifs is 1. The number of hydrogen-bond acceptors (Lipinski definition) is 5. The Bertz CT molecular complexity index is 1060. The molecule has 0 radical (unpaired) electrons. The van der Waals surface area contributed by atoms with Crippen LogP contribution in [0.3, 0.4) is 0 Å². The first kappa shape index (κ1) is 28.8. The Morgan fingerprint density at radius 1 is 1.10 bits per heavy atom. The summed E-state index contributed by atoms with van der Waals surface area (Å²) >= 11 is 0. The summed E-state index contributed by atoms with van der Waals surface area (Å²) in [4.78, 5) is 4.78. The van der Waals surface area contributed by atoms with Crippen LogP contribution >= 0.6 is 0 Å². The summed E-state index contributed by atoms with van der Waals surface area (Å²) in [6.07, 6.45) is 17.8. The lowest BCUT2D eigenvalue weighted by Gasteiger charge is -2.44. The molecule has 5 heteroatoms. The quantitative estimate of drug-likeness (QED) is 0.311. The molecule has 5 rings (SSSR count). The fourth-order valence-corrected chi connectivity index (χ4v) is 8.34. The molecule has 4 saturated carbocycles. The number of aliphatic imine (C=N–C) groups is 1. The molecule has 4 aliphatic carbocycles. The molecule has 5 aliphatic rings. The number of rotatable bonds is 8. The van der Waals surface area contributed by atoms with Crippen LogP contribution in [0.15, 0.2) is 52.6 Å². The van der Waals surface area contributed by atoms with E-state index in [1.807, 2.05) is 6.08 Å². The molecule has 1 aliphatic heterocycles. The molecule has 7 atom stereocenters. The number of allylic oxidation sites excluding steroid dienone is 4. The van der Waals surface area contributed by atoms with Crippen molar-refractivity contribution in [3.63, 3.8) is 0 Å². The largest absolute Gasteiger partial charge is 0.472 e. The van der Waals surface area contributed by atoms with Gasteiger partial charge in [0.1, 0.15) is 5.60 Å². The van der Waals surface area contributed by atoms with E-state index in [1.165, 1.54) is 31.3 Å². The highest BCUT2D eigenvalue weighted by molar-refractivity contribution is 5.88. The SMILES string of the molecule is C=C1C(=CC=C2CCC[C@]3(C)[C@@H]([C@H](C)C=C[C@H](O)C4(C5=NCC(CC)(CC)O5)CC4)CC[C@@H]23)C[C@@H](O)C[C@@H]1O. The van der Waals surface area contributed by atoms with E-state index in [-0.39, 0.29) is 16.4 Å². The second kappa shape index (κ2) is 10.9. The van der Waals surface area contributed by atoms with Gasteiger partial charge in [0.2, 0.25) is 0 Å². The highest BCUT2D eigenvalue weighted by atomic mass is 16.5. The molecular weight excluding hydrogens is 486 g/mol. The third-order valence-corrected chi connectivity index (χ3v) is 11.4. The highest BCUT2D eigenvalue weighted by Gasteiger charge is 2.57. The Morgan fingerprint density at radius 3 is 2.51 bits per heavy atom. The van der Waals surface area contributed by atoms with Crippen molar-refractivity contribution < 1.29 is 20.1 Å². The second-order valence-corrected chi connectivity index (χ2v) is 13.6.